The highest BCUT2D eigenvalue weighted by Gasteiger charge is 2.36. The Balaban J connectivity index is 1.30. The van der Waals surface area contributed by atoms with Gasteiger partial charge < -0.3 is 34.9 Å². The molecule has 2 aromatic heterocycles. The predicted octanol–water partition coefficient (Wildman–Crippen LogP) is 3.65. The quantitative estimate of drug-likeness (QED) is 0.130. The summed E-state index contributed by atoms with van der Waals surface area (Å²) < 4.78 is 48.8. The van der Waals surface area contributed by atoms with Crippen molar-refractivity contribution in [3.63, 3.8) is 0 Å². The van der Waals surface area contributed by atoms with Gasteiger partial charge in [-0.2, -0.15) is 0 Å². The first-order valence-corrected chi connectivity index (χ1v) is 18.5. The zero-order valence-electron chi connectivity index (χ0n) is 28.4. The molecule has 272 valence electrons. The lowest BCUT2D eigenvalue weighted by Gasteiger charge is -2.19. The van der Waals surface area contributed by atoms with Crippen LogP contribution in [0.5, 0.6) is 5.88 Å². The Morgan fingerprint density at radius 3 is 2.40 bits per heavy atom. The number of aromatic nitrogens is 3. The molecule has 3 aromatic rings. The summed E-state index contributed by atoms with van der Waals surface area (Å²) in [6.07, 6.45) is 3.69. The molecule has 16 nitrogen and oxygen atoms in total. The third-order valence-corrected chi connectivity index (χ3v) is 9.42. The molecule has 4 N–H and O–H groups in total. The fraction of sp³-hybridized carbons (Fsp3) is 0.500. The first-order chi connectivity index (χ1) is 23.8. The number of nitrogens with zero attached hydrogens (tertiary/aromatic N) is 3. The molecule has 0 bridgehead atoms. The Bertz CT molecular complexity index is 1690. The molecule has 1 unspecified atom stereocenters. The van der Waals surface area contributed by atoms with Crippen LogP contribution in [0, 0.1) is 0 Å². The van der Waals surface area contributed by atoms with E-state index >= 15 is 0 Å². The lowest BCUT2D eigenvalue weighted by molar-refractivity contribution is -0.127. The summed E-state index contributed by atoms with van der Waals surface area (Å²) in [5.74, 6) is -0.671. The van der Waals surface area contributed by atoms with Crippen molar-refractivity contribution in [1.82, 2.24) is 25.6 Å². The number of ether oxygens (including phenoxy) is 4. The average molecular weight is 734 g/mol. The van der Waals surface area contributed by atoms with Crippen molar-refractivity contribution in [3.05, 3.63) is 47.7 Å². The van der Waals surface area contributed by atoms with Gasteiger partial charge in [0.1, 0.15) is 5.60 Å². The van der Waals surface area contributed by atoms with Crippen LogP contribution in [0.1, 0.15) is 58.7 Å². The summed E-state index contributed by atoms with van der Waals surface area (Å²) in [4.78, 5) is 51.0. The SMILES string of the molecule is CCOc1cncc(-c2ccc(NC(=O)C(NC(=O)CCOCCOCCNC(=O)OC(C)(C)C)c3csc(NS(=O)(=O)C4CC4)n3)cc2)n1. The Morgan fingerprint density at radius 2 is 1.72 bits per heavy atom. The monoisotopic (exact) mass is 733 g/mol. The maximum atomic E-state index is 13.5. The van der Waals surface area contributed by atoms with Crippen molar-refractivity contribution in [3.8, 4) is 17.1 Å². The standard InChI is InChI=1S/C32H43N7O9S2/c1-5-47-27-19-33-18-24(36-27)21-6-8-22(9-7-21)35-29(41)28(25-20-49-30(37-25)39-50(43,44)23-10-11-23)38-26(40)12-14-45-16-17-46-15-13-34-31(42)48-32(2,3)4/h6-9,18-20,23,28H,5,10-17H2,1-4H3,(H,34,42)(H,35,41)(H,37,39)(H,38,40). The van der Waals surface area contributed by atoms with Gasteiger partial charge >= 0.3 is 6.09 Å². The van der Waals surface area contributed by atoms with Crippen LogP contribution in [0.15, 0.2) is 42.0 Å². The van der Waals surface area contributed by atoms with Gasteiger partial charge in [-0.1, -0.05) is 12.1 Å². The molecule has 1 saturated carbocycles. The number of anilines is 2. The molecule has 1 aromatic carbocycles. The number of carbonyl (C=O) groups excluding carboxylic acids is 3. The van der Waals surface area contributed by atoms with E-state index in [0.717, 1.165) is 16.9 Å². The molecule has 2 heterocycles. The van der Waals surface area contributed by atoms with Crippen molar-refractivity contribution >= 4 is 50.1 Å². The molecule has 1 aliphatic carbocycles. The van der Waals surface area contributed by atoms with E-state index in [-0.39, 0.29) is 50.2 Å². The summed E-state index contributed by atoms with van der Waals surface area (Å²) >= 11 is 1.02. The van der Waals surface area contributed by atoms with Crippen molar-refractivity contribution in [2.24, 2.45) is 0 Å². The Morgan fingerprint density at radius 1 is 1.00 bits per heavy atom. The van der Waals surface area contributed by atoms with Gasteiger partial charge in [0.15, 0.2) is 11.2 Å². The third kappa shape index (κ3) is 12.8. The van der Waals surface area contributed by atoms with Crippen molar-refractivity contribution in [1.29, 1.82) is 0 Å². The second-order valence-corrected chi connectivity index (χ2v) is 14.9. The van der Waals surface area contributed by atoms with E-state index in [9.17, 15) is 22.8 Å². The van der Waals surface area contributed by atoms with Crippen LogP contribution in [0.4, 0.5) is 15.6 Å². The van der Waals surface area contributed by atoms with Crippen LogP contribution in [0.3, 0.4) is 0 Å². The zero-order valence-corrected chi connectivity index (χ0v) is 30.0. The van der Waals surface area contributed by atoms with Crippen LogP contribution in [-0.4, -0.2) is 91.7 Å². The van der Waals surface area contributed by atoms with Crippen LogP contribution in [-0.2, 0) is 33.8 Å². The average Bonchev–Trinajstić information content (AvgIpc) is 3.83. The van der Waals surface area contributed by atoms with E-state index in [2.05, 4.69) is 35.6 Å². The van der Waals surface area contributed by atoms with Gasteiger partial charge in [-0.3, -0.25) is 19.3 Å². The highest BCUT2D eigenvalue weighted by molar-refractivity contribution is 7.93. The lowest BCUT2D eigenvalue weighted by Crippen LogP contribution is -2.37. The number of rotatable bonds is 19. The number of thiazole rings is 1. The molecule has 3 amide bonds. The molecule has 4 rings (SSSR count). The van der Waals surface area contributed by atoms with E-state index in [1.165, 1.54) is 11.6 Å². The normalized spacial score (nSPS) is 13.6. The number of alkyl carbamates (subject to hydrolysis) is 1. The Kier molecular flexibility index (Phi) is 13.8. The number of nitrogens with one attached hydrogen (secondary N) is 4. The van der Waals surface area contributed by atoms with Crippen LogP contribution < -0.4 is 25.4 Å². The second kappa shape index (κ2) is 18.0. The maximum absolute atomic E-state index is 13.5. The summed E-state index contributed by atoms with van der Waals surface area (Å²) in [5, 5.41) is 9.23. The van der Waals surface area contributed by atoms with Crippen LogP contribution in [0.2, 0.25) is 0 Å². The topological polar surface area (TPSA) is 209 Å². The second-order valence-electron chi connectivity index (χ2n) is 12.1. The fourth-order valence-electron chi connectivity index (χ4n) is 4.23. The molecule has 0 saturated heterocycles. The highest BCUT2D eigenvalue weighted by Crippen LogP contribution is 2.31. The van der Waals surface area contributed by atoms with E-state index in [1.807, 2.05) is 6.92 Å². The number of sulfonamides is 1. The number of hydrogen-bond acceptors (Lipinski definition) is 13. The lowest BCUT2D eigenvalue weighted by atomic mass is 10.1. The number of amides is 3. The summed E-state index contributed by atoms with van der Waals surface area (Å²) in [6.45, 7) is 8.64. The van der Waals surface area contributed by atoms with Gasteiger partial charge in [0.2, 0.25) is 21.8 Å². The molecular weight excluding hydrogens is 691 g/mol. The van der Waals surface area contributed by atoms with E-state index in [1.54, 1.807) is 51.2 Å². The molecule has 0 aliphatic heterocycles. The van der Waals surface area contributed by atoms with Gasteiger partial charge in [-0.05, 0) is 52.7 Å². The minimum Gasteiger partial charge on any atom is -0.477 e. The Hall–Kier alpha value is -4.39. The maximum Gasteiger partial charge on any atom is 0.407 e. The molecule has 0 spiro atoms. The molecule has 0 radical (unpaired) electrons. The van der Waals surface area contributed by atoms with E-state index in [4.69, 9.17) is 18.9 Å². The zero-order chi connectivity index (χ0) is 36.1. The molecule has 1 aliphatic rings. The van der Waals surface area contributed by atoms with Crippen LogP contribution in [0.25, 0.3) is 11.3 Å². The minimum atomic E-state index is -3.57. The number of benzene rings is 1. The van der Waals surface area contributed by atoms with Gasteiger partial charge in [0, 0.05) is 29.6 Å². The minimum absolute atomic E-state index is 0.0536. The summed E-state index contributed by atoms with van der Waals surface area (Å²) in [7, 11) is -3.57. The largest absolute Gasteiger partial charge is 0.477 e. The Labute approximate surface area is 295 Å². The summed E-state index contributed by atoms with van der Waals surface area (Å²) in [6, 6.07) is 5.65. The molecular formula is C32H43N7O9S2. The van der Waals surface area contributed by atoms with Crippen molar-refractivity contribution in [2.45, 2.75) is 63.9 Å². The van der Waals surface area contributed by atoms with Gasteiger partial charge in [0.25, 0.3) is 5.91 Å². The summed E-state index contributed by atoms with van der Waals surface area (Å²) in [5.41, 5.74) is 1.36. The smallest absolute Gasteiger partial charge is 0.407 e. The number of hydrogen-bond donors (Lipinski definition) is 4. The van der Waals surface area contributed by atoms with E-state index in [0.29, 0.717) is 36.7 Å². The third-order valence-electron chi connectivity index (χ3n) is 6.69. The van der Waals surface area contributed by atoms with Crippen LogP contribution >= 0.6 is 11.3 Å². The van der Waals surface area contributed by atoms with Gasteiger partial charge in [-0.15, -0.1) is 11.3 Å². The first-order valence-electron chi connectivity index (χ1n) is 16.1. The molecule has 1 fully saturated rings. The molecule has 50 heavy (non-hydrogen) atoms. The number of carbonyl (C=O) groups is 3. The van der Waals surface area contributed by atoms with Crippen molar-refractivity contribution in [2.75, 3.05) is 49.6 Å². The van der Waals surface area contributed by atoms with Gasteiger partial charge in [0.05, 0.1) is 62.1 Å². The van der Waals surface area contributed by atoms with E-state index < -0.39 is 44.8 Å². The molecule has 1 atom stereocenters. The predicted molar refractivity (Wildman–Crippen MR) is 186 cm³/mol. The molecule has 18 heteroatoms. The van der Waals surface area contributed by atoms with Gasteiger partial charge in [-0.25, -0.2) is 23.2 Å². The highest BCUT2D eigenvalue weighted by atomic mass is 32.2. The first kappa shape index (κ1) is 38.4. The van der Waals surface area contributed by atoms with Crippen molar-refractivity contribution < 1.29 is 41.7 Å². The fourth-order valence-corrected chi connectivity index (χ4v) is 6.56.